The number of nitrogens with zero attached hydrogens (tertiary/aromatic N) is 3. The largest absolute Gasteiger partial charge is 0.325 e. The average Bonchev–Trinajstić information content (AvgIpc) is 2.64. The maximum absolute atomic E-state index is 13.1. The predicted molar refractivity (Wildman–Crippen MR) is 92.3 cm³/mol. The monoisotopic (exact) mass is 357 g/mol. The Bertz CT molecular complexity index is 852. The predicted octanol–water partition coefficient (Wildman–Crippen LogP) is 2.61. The fourth-order valence-electron chi connectivity index (χ4n) is 2.92. The van der Waals surface area contributed by atoms with Crippen molar-refractivity contribution in [3.05, 3.63) is 70.0 Å². The van der Waals surface area contributed by atoms with E-state index in [1.807, 2.05) is 0 Å². The molecule has 1 heterocycles. The SMILES string of the molecule is CC1C(=O)N(c2ccc(F)cc2)CCN1C(=O)c1ccc([N+](=O)[O-])cc1. The van der Waals surface area contributed by atoms with Crippen molar-refractivity contribution in [2.24, 2.45) is 0 Å². The summed E-state index contributed by atoms with van der Waals surface area (Å²) in [7, 11) is 0. The van der Waals surface area contributed by atoms with E-state index in [0.29, 0.717) is 12.2 Å². The summed E-state index contributed by atoms with van der Waals surface area (Å²) in [5.41, 5.74) is 0.753. The number of anilines is 1. The number of piperazine rings is 1. The molecule has 1 saturated heterocycles. The topological polar surface area (TPSA) is 83.8 Å². The number of benzene rings is 2. The van der Waals surface area contributed by atoms with Gasteiger partial charge >= 0.3 is 0 Å². The van der Waals surface area contributed by atoms with Gasteiger partial charge in [0.15, 0.2) is 0 Å². The number of halogens is 1. The van der Waals surface area contributed by atoms with Gasteiger partial charge < -0.3 is 9.80 Å². The van der Waals surface area contributed by atoms with Crippen molar-refractivity contribution in [3.63, 3.8) is 0 Å². The van der Waals surface area contributed by atoms with Crippen LogP contribution in [0.15, 0.2) is 48.5 Å². The summed E-state index contributed by atoms with van der Waals surface area (Å²) < 4.78 is 13.1. The van der Waals surface area contributed by atoms with E-state index in [9.17, 15) is 24.1 Å². The molecule has 1 atom stereocenters. The third-order valence-corrected chi connectivity index (χ3v) is 4.38. The zero-order valence-electron chi connectivity index (χ0n) is 14.0. The third kappa shape index (κ3) is 3.26. The molecule has 0 spiro atoms. The zero-order chi connectivity index (χ0) is 18.8. The summed E-state index contributed by atoms with van der Waals surface area (Å²) in [5, 5.41) is 10.7. The molecular formula is C18H16FN3O4. The molecule has 0 radical (unpaired) electrons. The molecule has 2 amide bonds. The molecule has 0 saturated carbocycles. The Morgan fingerprint density at radius 2 is 1.73 bits per heavy atom. The summed E-state index contributed by atoms with van der Waals surface area (Å²) in [6.07, 6.45) is 0. The zero-order valence-corrected chi connectivity index (χ0v) is 14.0. The van der Waals surface area contributed by atoms with E-state index in [1.54, 1.807) is 6.92 Å². The minimum atomic E-state index is -0.698. The molecule has 7 nitrogen and oxygen atoms in total. The Morgan fingerprint density at radius 3 is 2.31 bits per heavy atom. The van der Waals surface area contributed by atoms with Crippen molar-refractivity contribution in [2.75, 3.05) is 18.0 Å². The van der Waals surface area contributed by atoms with Gasteiger partial charge in [-0.2, -0.15) is 0 Å². The van der Waals surface area contributed by atoms with Gasteiger partial charge in [0.25, 0.3) is 11.6 Å². The number of amides is 2. The number of nitro groups is 1. The van der Waals surface area contributed by atoms with Crippen LogP contribution >= 0.6 is 0 Å². The standard InChI is InChI=1S/C18H16FN3O4/c1-12-17(23)21(15-8-4-14(19)5-9-15)11-10-20(12)18(24)13-2-6-16(7-3-13)22(25)26/h2-9,12H,10-11H2,1H3. The summed E-state index contributed by atoms with van der Waals surface area (Å²) in [6, 6.07) is 10.2. The number of carbonyl (C=O) groups is 2. The van der Waals surface area contributed by atoms with Crippen molar-refractivity contribution in [3.8, 4) is 0 Å². The Labute approximate surface area is 148 Å². The smallest absolute Gasteiger partial charge is 0.269 e. The average molecular weight is 357 g/mol. The lowest BCUT2D eigenvalue weighted by molar-refractivity contribution is -0.384. The van der Waals surface area contributed by atoms with Crippen LogP contribution in [0, 0.1) is 15.9 Å². The van der Waals surface area contributed by atoms with Crippen LogP contribution in [0.3, 0.4) is 0 Å². The van der Waals surface area contributed by atoms with Crippen molar-refractivity contribution >= 4 is 23.2 Å². The molecule has 1 aliphatic heterocycles. The van der Waals surface area contributed by atoms with Gasteiger partial charge in [0.1, 0.15) is 11.9 Å². The van der Waals surface area contributed by atoms with Gasteiger partial charge in [-0.25, -0.2) is 4.39 Å². The number of hydrogen-bond acceptors (Lipinski definition) is 4. The Morgan fingerprint density at radius 1 is 1.12 bits per heavy atom. The van der Waals surface area contributed by atoms with Crippen LogP contribution in [0.25, 0.3) is 0 Å². The van der Waals surface area contributed by atoms with Crippen LogP contribution in [0.4, 0.5) is 15.8 Å². The van der Waals surface area contributed by atoms with Gasteiger partial charge in [0.2, 0.25) is 5.91 Å². The highest BCUT2D eigenvalue weighted by Gasteiger charge is 2.35. The summed E-state index contributed by atoms with van der Waals surface area (Å²) in [6.45, 7) is 2.22. The van der Waals surface area contributed by atoms with Gasteiger partial charge in [0, 0.05) is 36.5 Å². The van der Waals surface area contributed by atoms with Crippen LogP contribution in [0.5, 0.6) is 0 Å². The molecule has 0 aromatic heterocycles. The lowest BCUT2D eigenvalue weighted by atomic mass is 10.1. The minimum absolute atomic E-state index is 0.105. The highest BCUT2D eigenvalue weighted by Crippen LogP contribution is 2.22. The normalized spacial score (nSPS) is 17.3. The van der Waals surface area contributed by atoms with Crippen molar-refractivity contribution in [1.82, 2.24) is 4.90 Å². The van der Waals surface area contributed by atoms with E-state index in [0.717, 1.165) is 0 Å². The number of carbonyl (C=O) groups excluding carboxylic acids is 2. The first-order valence-electron chi connectivity index (χ1n) is 8.01. The Balaban J connectivity index is 1.76. The van der Waals surface area contributed by atoms with Crippen molar-refractivity contribution in [2.45, 2.75) is 13.0 Å². The molecular weight excluding hydrogens is 341 g/mol. The second-order valence-corrected chi connectivity index (χ2v) is 5.94. The molecule has 1 unspecified atom stereocenters. The van der Waals surface area contributed by atoms with E-state index in [-0.39, 0.29) is 35.4 Å². The quantitative estimate of drug-likeness (QED) is 0.624. The first kappa shape index (κ1) is 17.5. The molecule has 3 rings (SSSR count). The minimum Gasteiger partial charge on any atom is -0.325 e. The van der Waals surface area contributed by atoms with Crippen molar-refractivity contribution in [1.29, 1.82) is 0 Å². The second kappa shape index (κ2) is 6.91. The highest BCUT2D eigenvalue weighted by atomic mass is 19.1. The van der Waals surface area contributed by atoms with Crippen LogP contribution < -0.4 is 4.90 Å². The second-order valence-electron chi connectivity index (χ2n) is 5.94. The molecule has 0 bridgehead atoms. The first-order chi connectivity index (χ1) is 12.4. The molecule has 1 aliphatic rings. The van der Waals surface area contributed by atoms with Crippen LogP contribution in [0.2, 0.25) is 0 Å². The van der Waals surface area contributed by atoms with Crippen LogP contribution in [0.1, 0.15) is 17.3 Å². The fourth-order valence-corrected chi connectivity index (χ4v) is 2.92. The highest BCUT2D eigenvalue weighted by molar-refractivity contribution is 6.03. The summed E-state index contributed by atoms with van der Waals surface area (Å²) >= 11 is 0. The maximum Gasteiger partial charge on any atom is 0.269 e. The number of rotatable bonds is 3. The molecule has 1 fully saturated rings. The molecule has 8 heteroatoms. The molecule has 2 aromatic carbocycles. The number of non-ortho nitro benzene ring substituents is 1. The lowest BCUT2D eigenvalue weighted by Crippen LogP contribution is -2.57. The summed E-state index contributed by atoms with van der Waals surface area (Å²) in [4.78, 5) is 38.4. The molecule has 2 aromatic rings. The molecule has 0 aliphatic carbocycles. The Kier molecular flexibility index (Phi) is 4.66. The Hall–Kier alpha value is -3.29. The lowest BCUT2D eigenvalue weighted by Gasteiger charge is -2.39. The first-order valence-corrected chi connectivity index (χ1v) is 8.01. The fraction of sp³-hybridized carbons (Fsp3) is 0.222. The maximum atomic E-state index is 13.1. The van der Waals surface area contributed by atoms with E-state index in [2.05, 4.69) is 0 Å². The summed E-state index contributed by atoms with van der Waals surface area (Å²) in [5.74, 6) is -1.01. The van der Waals surface area contributed by atoms with Crippen LogP contribution in [-0.4, -0.2) is 40.8 Å². The van der Waals surface area contributed by atoms with Gasteiger partial charge in [-0.1, -0.05) is 0 Å². The molecule has 0 N–H and O–H groups in total. The van der Waals surface area contributed by atoms with Crippen molar-refractivity contribution < 1.29 is 18.9 Å². The van der Waals surface area contributed by atoms with Gasteiger partial charge in [-0.05, 0) is 43.3 Å². The van der Waals surface area contributed by atoms with Gasteiger partial charge in [-0.3, -0.25) is 19.7 Å². The number of hydrogen-bond donors (Lipinski definition) is 0. The van der Waals surface area contributed by atoms with E-state index in [1.165, 1.54) is 58.3 Å². The third-order valence-electron chi connectivity index (χ3n) is 4.38. The van der Waals surface area contributed by atoms with E-state index >= 15 is 0 Å². The number of nitro benzene ring substituents is 1. The molecule has 26 heavy (non-hydrogen) atoms. The molecule has 134 valence electrons. The van der Waals surface area contributed by atoms with Crippen LogP contribution in [-0.2, 0) is 4.79 Å². The van der Waals surface area contributed by atoms with Gasteiger partial charge in [0.05, 0.1) is 4.92 Å². The van der Waals surface area contributed by atoms with Gasteiger partial charge in [-0.15, -0.1) is 0 Å². The van der Waals surface area contributed by atoms with E-state index < -0.39 is 11.0 Å². The van der Waals surface area contributed by atoms with E-state index in [4.69, 9.17) is 0 Å².